The predicted molar refractivity (Wildman–Crippen MR) is 80.0 cm³/mol. The van der Waals surface area contributed by atoms with Crippen LogP contribution in [0.5, 0.6) is 0 Å². The van der Waals surface area contributed by atoms with Crippen LogP contribution in [0.3, 0.4) is 0 Å². The van der Waals surface area contributed by atoms with Crippen molar-refractivity contribution in [2.24, 2.45) is 0 Å². The molecule has 6 nitrogen and oxygen atoms in total. The maximum Gasteiger partial charge on any atom is 0.283 e. The predicted octanol–water partition coefficient (Wildman–Crippen LogP) is 3.86. The van der Waals surface area contributed by atoms with Gasteiger partial charge in [-0.15, -0.1) is 0 Å². The molecule has 0 aliphatic rings. The fraction of sp³-hybridized carbons (Fsp3) is 0.0769. The number of carbonyl (C=O) groups is 1. The molecular formula is C13H9Cl2N3O3. The fourth-order valence-electron chi connectivity index (χ4n) is 1.67. The molecule has 0 saturated heterocycles. The van der Waals surface area contributed by atoms with Crippen LogP contribution in [0.15, 0.2) is 30.5 Å². The van der Waals surface area contributed by atoms with Crippen molar-refractivity contribution in [3.63, 3.8) is 0 Å². The zero-order chi connectivity index (χ0) is 15.6. The van der Waals surface area contributed by atoms with Crippen LogP contribution in [-0.2, 0) is 0 Å². The number of carbonyl (C=O) groups excluding carboxylic acids is 1. The number of amides is 1. The van der Waals surface area contributed by atoms with E-state index >= 15 is 0 Å². The van der Waals surface area contributed by atoms with E-state index < -0.39 is 10.8 Å². The van der Waals surface area contributed by atoms with Gasteiger partial charge >= 0.3 is 0 Å². The summed E-state index contributed by atoms with van der Waals surface area (Å²) in [7, 11) is 0. The van der Waals surface area contributed by atoms with Crippen LogP contribution in [0.2, 0.25) is 10.2 Å². The highest BCUT2D eigenvalue weighted by molar-refractivity contribution is 6.31. The Hall–Kier alpha value is -2.18. The van der Waals surface area contributed by atoms with E-state index in [9.17, 15) is 14.9 Å². The number of aromatic nitrogens is 1. The molecule has 8 heteroatoms. The number of nitrogens with one attached hydrogen (secondary N) is 1. The van der Waals surface area contributed by atoms with E-state index in [-0.39, 0.29) is 16.3 Å². The maximum absolute atomic E-state index is 12.1. The lowest BCUT2D eigenvalue weighted by Gasteiger charge is -2.07. The number of pyridine rings is 1. The molecule has 21 heavy (non-hydrogen) atoms. The minimum absolute atomic E-state index is 0.0861. The summed E-state index contributed by atoms with van der Waals surface area (Å²) in [6.07, 6.45) is 1.37. The Morgan fingerprint density at radius 3 is 2.67 bits per heavy atom. The van der Waals surface area contributed by atoms with Crippen LogP contribution in [-0.4, -0.2) is 15.8 Å². The first-order chi connectivity index (χ1) is 9.88. The number of hydrogen-bond acceptors (Lipinski definition) is 4. The lowest BCUT2D eigenvalue weighted by Crippen LogP contribution is -2.14. The Balaban J connectivity index is 2.32. The molecule has 1 aromatic carbocycles. The molecule has 1 N–H and O–H groups in total. The number of aryl methyl sites for hydroxylation is 1. The van der Waals surface area contributed by atoms with Crippen LogP contribution in [0.25, 0.3) is 0 Å². The van der Waals surface area contributed by atoms with Gasteiger partial charge in [0.25, 0.3) is 11.6 Å². The Bertz CT molecular complexity index is 735. The third-order valence-electron chi connectivity index (χ3n) is 2.67. The van der Waals surface area contributed by atoms with Gasteiger partial charge in [0.15, 0.2) is 0 Å². The number of benzene rings is 1. The minimum atomic E-state index is -0.661. The molecule has 108 valence electrons. The van der Waals surface area contributed by atoms with Gasteiger partial charge in [-0.1, -0.05) is 23.2 Å². The van der Waals surface area contributed by atoms with Gasteiger partial charge in [-0.25, -0.2) is 4.98 Å². The third kappa shape index (κ3) is 3.48. The van der Waals surface area contributed by atoms with E-state index in [4.69, 9.17) is 23.2 Å². The van der Waals surface area contributed by atoms with Crippen molar-refractivity contribution in [2.45, 2.75) is 6.92 Å². The second-order valence-corrected chi connectivity index (χ2v) is 5.00. The molecule has 1 amide bonds. The van der Waals surface area contributed by atoms with Gasteiger partial charge < -0.3 is 5.32 Å². The molecule has 0 atom stereocenters. The average molecular weight is 326 g/mol. The van der Waals surface area contributed by atoms with Crippen LogP contribution >= 0.6 is 23.2 Å². The van der Waals surface area contributed by atoms with E-state index in [0.717, 1.165) is 6.07 Å². The van der Waals surface area contributed by atoms with Gasteiger partial charge in [-0.3, -0.25) is 14.9 Å². The summed E-state index contributed by atoms with van der Waals surface area (Å²) >= 11 is 11.5. The van der Waals surface area contributed by atoms with Crippen molar-refractivity contribution in [2.75, 3.05) is 5.32 Å². The number of rotatable bonds is 3. The molecule has 0 saturated carbocycles. The quantitative estimate of drug-likeness (QED) is 0.527. The summed E-state index contributed by atoms with van der Waals surface area (Å²) < 4.78 is 0. The van der Waals surface area contributed by atoms with E-state index in [1.54, 1.807) is 13.0 Å². The molecule has 2 aromatic rings. The van der Waals surface area contributed by atoms with Gasteiger partial charge in [-0.05, 0) is 30.7 Å². The Morgan fingerprint density at radius 1 is 1.33 bits per heavy atom. The molecule has 0 bridgehead atoms. The molecule has 0 unspecified atom stereocenters. The first-order valence-electron chi connectivity index (χ1n) is 5.76. The van der Waals surface area contributed by atoms with Gasteiger partial charge in [0, 0.05) is 11.1 Å². The van der Waals surface area contributed by atoms with Gasteiger partial charge in [0.1, 0.15) is 10.7 Å². The van der Waals surface area contributed by atoms with Crippen LogP contribution in [0.4, 0.5) is 11.4 Å². The summed E-state index contributed by atoms with van der Waals surface area (Å²) in [5.41, 5.74) is 0.627. The zero-order valence-electron chi connectivity index (χ0n) is 10.8. The van der Waals surface area contributed by atoms with Crippen molar-refractivity contribution in [3.8, 4) is 0 Å². The highest BCUT2D eigenvalue weighted by Crippen LogP contribution is 2.24. The molecule has 1 aromatic heterocycles. The number of anilines is 1. The van der Waals surface area contributed by atoms with Gasteiger partial charge in [0.05, 0.1) is 16.8 Å². The SMILES string of the molecule is Cc1cc(NC(=O)c2ccc(Cl)cc2[N+](=O)[O-])cnc1Cl. The van der Waals surface area contributed by atoms with E-state index in [2.05, 4.69) is 10.3 Å². The Kier molecular flexibility index (Phi) is 4.40. The summed E-state index contributed by atoms with van der Waals surface area (Å²) in [6, 6.07) is 5.46. The van der Waals surface area contributed by atoms with E-state index in [1.807, 2.05) is 0 Å². The van der Waals surface area contributed by atoms with Crippen molar-refractivity contribution in [3.05, 3.63) is 61.9 Å². The number of halogens is 2. The Morgan fingerprint density at radius 2 is 2.05 bits per heavy atom. The van der Waals surface area contributed by atoms with Gasteiger partial charge in [0.2, 0.25) is 0 Å². The third-order valence-corrected chi connectivity index (χ3v) is 3.30. The smallest absolute Gasteiger partial charge is 0.283 e. The van der Waals surface area contributed by atoms with Crippen LogP contribution in [0.1, 0.15) is 15.9 Å². The second-order valence-electron chi connectivity index (χ2n) is 4.20. The van der Waals surface area contributed by atoms with E-state index in [0.29, 0.717) is 16.4 Å². The van der Waals surface area contributed by atoms with Crippen molar-refractivity contribution in [1.29, 1.82) is 0 Å². The highest BCUT2D eigenvalue weighted by Gasteiger charge is 2.20. The van der Waals surface area contributed by atoms with Crippen molar-refractivity contribution in [1.82, 2.24) is 4.98 Å². The summed E-state index contributed by atoms with van der Waals surface area (Å²) in [5, 5.41) is 14.0. The molecule has 2 rings (SSSR count). The average Bonchev–Trinajstić information content (AvgIpc) is 2.42. The van der Waals surface area contributed by atoms with Crippen molar-refractivity contribution < 1.29 is 9.72 Å². The second kappa shape index (κ2) is 6.07. The first-order valence-corrected chi connectivity index (χ1v) is 6.51. The number of nitrogens with zero attached hydrogens (tertiary/aromatic N) is 2. The lowest BCUT2D eigenvalue weighted by atomic mass is 10.1. The number of nitro groups is 1. The first kappa shape index (κ1) is 15.2. The molecule has 0 radical (unpaired) electrons. The summed E-state index contributed by atoms with van der Waals surface area (Å²) in [5.74, 6) is -0.623. The maximum atomic E-state index is 12.1. The summed E-state index contributed by atoms with van der Waals surface area (Å²) in [4.78, 5) is 26.3. The lowest BCUT2D eigenvalue weighted by molar-refractivity contribution is -0.385. The topological polar surface area (TPSA) is 85.1 Å². The minimum Gasteiger partial charge on any atom is -0.320 e. The standard InChI is InChI=1S/C13H9Cl2N3O3/c1-7-4-9(6-16-12(7)15)17-13(19)10-3-2-8(14)5-11(10)18(20)21/h2-6H,1H3,(H,17,19). The Labute approximate surface area is 129 Å². The number of nitro benzene ring substituents is 1. The van der Waals surface area contributed by atoms with Gasteiger partial charge in [-0.2, -0.15) is 0 Å². The molecule has 0 fully saturated rings. The molecule has 0 aliphatic heterocycles. The van der Waals surface area contributed by atoms with Crippen molar-refractivity contribution >= 4 is 40.5 Å². The highest BCUT2D eigenvalue weighted by atomic mass is 35.5. The van der Waals surface area contributed by atoms with E-state index in [1.165, 1.54) is 18.3 Å². The molecule has 0 spiro atoms. The summed E-state index contributed by atoms with van der Waals surface area (Å²) in [6.45, 7) is 1.73. The normalized spacial score (nSPS) is 10.2. The molecule has 0 aliphatic carbocycles. The molecule has 1 heterocycles. The molecular weight excluding hydrogens is 317 g/mol. The zero-order valence-corrected chi connectivity index (χ0v) is 12.3. The van der Waals surface area contributed by atoms with Crippen LogP contribution in [0, 0.1) is 17.0 Å². The number of hydrogen-bond donors (Lipinski definition) is 1. The monoisotopic (exact) mass is 325 g/mol. The fourth-order valence-corrected chi connectivity index (χ4v) is 1.94. The van der Waals surface area contributed by atoms with Crippen LogP contribution < -0.4 is 5.32 Å². The largest absolute Gasteiger partial charge is 0.320 e.